The summed E-state index contributed by atoms with van der Waals surface area (Å²) in [6.07, 6.45) is 1.52. The van der Waals surface area contributed by atoms with Crippen molar-refractivity contribution >= 4 is 16.8 Å². The molecule has 0 saturated heterocycles. The van der Waals surface area contributed by atoms with Gasteiger partial charge in [-0.1, -0.05) is 37.3 Å². The number of aryl methyl sites for hydroxylation is 1. The Hall–Kier alpha value is -3.80. The number of methoxy groups -OCH3 is 2. The summed E-state index contributed by atoms with van der Waals surface area (Å²) in [4.78, 5) is 17.4. The minimum Gasteiger partial charge on any atom is -0.493 e. The van der Waals surface area contributed by atoms with E-state index >= 15 is 0 Å². The number of hydrogen-bond donors (Lipinski definition) is 1. The van der Waals surface area contributed by atoms with Crippen LogP contribution in [0.15, 0.2) is 54.6 Å². The molecule has 0 atom stereocenters. The molecule has 0 fully saturated rings. The zero-order chi connectivity index (χ0) is 23.5. The van der Waals surface area contributed by atoms with Gasteiger partial charge in [0.15, 0.2) is 11.5 Å². The largest absolute Gasteiger partial charge is 0.493 e. The van der Waals surface area contributed by atoms with Gasteiger partial charge in [-0.05, 0) is 49.6 Å². The van der Waals surface area contributed by atoms with Crippen LogP contribution < -0.4 is 15.2 Å². The number of aromatic nitrogens is 2. The Morgan fingerprint density at radius 1 is 1.03 bits per heavy atom. The minimum atomic E-state index is -0.433. The molecule has 2 aromatic carbocycles. The highest BCUT2D eigenvalue weighted by molar-refractivity contribution is 6.02. The first-order valence-corrected chi connectivity index (χ1v) is 11.1. The van der Waals surface area contributed by atoms with Gasteiger partial charge in [-0.2, -0.15) is 0 Å². The number of fused-ring (bicyclic) bond motifs is 1. The van der Waals surface area contributed by atoms with Crippen molar-refractivity contribution in [2.24, 2.45) is 5.73 Å². The fraction of sp³-hybridized carbons (Fsp3) is 0.259. The van der Waals surface area contributed by atoms with Crippen molar-refractivity contribution in [3.8, 4) is 22.8 Å². The molecule has 0 saturated carbocycles. The van der Waals surface area contributed by atoms with E-state index in [-0.39, 0.29) is 0 Å². The molecule has 0 aliphatic heterocycles. The predicted molar refractivity (Wildman–Crippen MR) is 131 cm³/mol. The van der Waals surface area contributed by atoms with Gasteiger partial charge in [0, 0.05) is 28.9 Å². The number of para-hydroxylation sites is 1. The maximum Gasteiger partial charge on any atom is 0.251 e. The molecule has 6 heteroatoms. The van der Waals surface area contributed by atoms with E-state index in [1.807, 2.05) is 61.5 Å². The number of carbonyl (C=O) groups excluding carboxylic acids is 1. The summed E-state index contributed by atoms with van der Waals surface area (Å²) < 4.78 is 13.0. The van der Waals surface area contributed by atoms with Crippen LogP contribution in [0.2, 0.25) is 0 Å². The van der Waals surface area contributed by atoms with Crippen molar-refractivity contribution in [1.82, 2.24) is 9.55 Å². The number of nitrogens with two attached hydrogens (primary N) is 1. The molecule has 1 amide bonds. The Bertz CT molecular complexity index is 1320. The monoisotopic (exact) mass is 443 g/mol. The van der Waals surface area contributed by atoms with E-state index in [0.29, 0.717) is 23.6 Å². The number of rotatable bonds is 8. The standard InChI is InChI=1S/C27H29N3O3/c1-5-22-26(21-12-11-19-8-6-7-9-20(19)29-21)25(27(28)31)17(2)30(22)15-14-18-10-13-23(32-3)24(16-18)33-4/h6-13,16H,5,14-15H2,1-4H3,(H2,28,31). The highest BCUT2D eigenvalue weighted by atomic mass is 16.5. The van der Waals surface area contributed by atoms with Gasteiger partial charge in [-0.3, -0.25) is 4.79 Å². The van der Waals surface area contributed by atoms with Crippen molar-refractivity contribution in [1.29, 1.82) is 0 Å². The third-order valence-corrected chi connectivity index (χ3v) is 6.14. The van der Waals surface area contributed by atoms with E-state index in [2.05, 4.69) is 11.5 Å². The summed E-state index contributed by atoms with van der Waals surface area (Å²) in [5, 5.41) is 1.06. The van der Waals surface area contributed by atoms with E-state index in [9.17, 15) is 4.79 Å². The molecule has 0 unspecified atom stereocenters. The van der Waals surface area contributed by atoms with Crippen molar-refractivity contribution < 1.29 is 14.3 Å². The molecular formula is C27H29N3O3. The smallest absolute Gasteiger partial charge is 0.251 e. The predicted octanol–water partition coefficient (Wildman–Crippen LogP) is 4.93. The molecule has 0 spiro atoms. The molecule has 170 valence electrons. The van der Waals surface area contributed by atoms with E-state index in [0.717, 1.165) is 52.0 Å². The molecule has 0 aliphatic carbocycles. The zero-order valence-corrected chi connectivity index (χ0v) is 19.5. The van der Waals surface area contributed by atoms with Crippen molar-refractivity contribution in [2.75, 3.05) is 14.2 Å². The van der Waals surface area contributed by atoms with Crippen LogP contribution in [0.4, 0.5) is 0 Å². The first-order chi connectivity index (χ1) is 16.0. The lowest BCUT2D eigenvalue weighted by molar-refractivity contribution is 0.1000. The number of nitrogens with zero attached hydrogens (tertiary/aromatic N) is 2. The Morgan fingerprint density at radius 3 is 2.48 bits per heavy atom. The van der Waals surface area contributed by atoms with Crippen molar-refractivity contribution in [3.05, 3.63) is 77.1 Å². The first-order valence-electron chi connectivity index (χ1n) is 11.1. The highest BCUT2D eigenvalue weighted by Crippen LogP contribution is 2.34. The van der Waals surface area contributed by atoms with Gasteiger partial charge in [0.25, 0.3) is 5.91 Å². The van der Waals surface area contributed by atoms with Crippen molar-refractivity contribution in [2.45, 2.75) is 33.2 Å². The fourth-order valence-corrected chi connectivity index (χ4v) is 4.53. The number of amides is 1. The van der Waals surface area contributed by atoms with Crippen LogP contribution in [0, 0.1) is 6.92 Å². The van der Waals surface area contributed by atoms with E-state index in [4.69, 9.17) is 20.2 Å². The van der Waals surface area contributed by atoms with Crippen LogP contribution in [0.5, 0.6) is 11.5 Å². The fourth-order valence-electron chi connectivity index (χ4n) is 4.53. The maximum atomic E-state index is 12.5. The number of carbonyl (C=O) groups is 1. The van der Waals surface area contributed by atoms with Gasteiger partial charge < -0.3 is 19.8 Å². The number of benzene rings is 2. The molecule has 4 aromatic rings. The molecule has 6 nitrogen and oxygen atoms in total. The van der Waals surface area contributed by atoms with Gasteiger partial charge >= 0.3 is 0 Å². The van der Waals surface area contributed by atoms with E-state index in [1.165, 1.54) is 0 Å². The molecule has 2 heterocycles. The Kier molecular flexibility index (Phi) is 6.36. The Balaban J connectivity index is 1.77. The highest BCUT2D eigenvalue weighted by Gasteiger charge is 2.25. The average molecular weight is 444 g/mol. The van der Waals surface area contributed by atoms with Gasteiger partial charge in [0.1, 0.15) is 0 Å². The summed E-state index contributed by atoms with van der Waals surface area (Å²) in [6, 6.07) is 17.9. The van der Waals surface area contributed by atoms with Crippen LogP contribution in [-0.2, 0) is 19.4 Å². The summed E-state index contributed by atoms with van der Waals surface area (Å²) in [7, 11) is 3.26. The zero-order valence-electron chi connectivity index (χ0n) is 19.5. The van der Waals surface area contributed by atoms with Crippen LogP contribution >= 0.6 is 0 Å². The summed E-state index contributed by atoms with van der Waals surface area (Å²) in [5.41, 5.74) is 12.0. The number of pyridine rings is 1. The van der Waals surface area contributed by atoms with Gasteiger partial charge in [0.2, 0.25) is 0 Å². The van der Waals surface area contributed by atoms with Crippen molar-refractivity contribution in [3.63, 3.8) is 0 Å². The molecule has 0 aliphatic rings. The molecule has 2 N–H and O–H groups in total. The molecule has 0 bridgehead atoms. The lowest BCUT2D eigenvalue weighted by atomic mass is 10.0. The summed E-state index contributed by atoms with van der Waals surface area (Å²) in [5.74, 6) is 0.971. The maximum absolute atomic E-state index is 12.5. The number of hydrogen-bond acceptors (Lipinski definition) is 4. The molecular weight excluding hydrogens is 414 g/mol. The minimum absolute atomic E-state index is 0.433. The Labute approximate surface area is 194 Å². The second kappa shape index (κ2) is 9.36. The third kappa shape index (κ3) is 4.16. The van der Waals surface area contributed by atoms with Gasteiger partial charge in [0.05, 0.1) is 31.0 Å². The number of ether oxygens (including phenoxy) is 2. The SMILES string of the molecule is CCc1c(-c2ccc3ccccc3n2)c(C(N)=O)c(C)n1CCc1ccc(OC)c(OC)c1. The quantitative estimate of drug-likeness (QED) is 0.419. The third-order valence-electron chi connectivity index (χ3n) is 6.14. The topological polar surface area (TPSA) is 79.4 Å². The van der Waals surface area contributed by atoms with Gasteiger partial charge in [-0.25, -0.2) is 4.98 Å². The van der Waals surface area contributed by atoms with E-state index < -0.39 is 5.91 Å². The number of primary amides is 1. The van der Waals surface area contributed by atoms with Gasteiger partial charge in [-0.15, -0.1) is 0 Å². The second-order valence-electron chi connectivity index (χ2n) is 7.98. The van der Waals surface area contributed by atoms with Crippen LogP contribution in [0.25, 0.3) is 22.2 Å². The average Bonchev–Trinajstić information content (AvgIpc) is 3.13. The lowest BCUT2D eigenvalue weighted by Crippen LogP contribution is -2.14. The lowest BCUT2D eigenvalue weighted by Gasteiger charge is -2.13. The summed E-state index contributed by atoms with van der Waals surface area (Å²) >= 11 is 0. The first kappa shape index (κ1) is 22.4. The molecule has 2 aromatic heterocycles. The Morgan fingerprint density at radius 2 is 1.79 bits per heavy atom. The summed E-state index contributed by atoms with van der Waals surface area (Å²) in [6.45, 7) is 4.76. The molecule has 33 heavy (non-hydrogen) atoms. The van der Waals surface area contributed by atoms with E-state index in [1.54, 1.807) is 14.2 Å². The van der Waals surface area contributed by atoms with Crippen LogP contribution in [0.1, 0.15) is 34.2 Å². The molecule has 0 radical (unpaired) electrons. The van der Waals surface area contributed by atoms with Crippen LogP contribution in [0.3, 0.4) is 0 Å². The second-order valence-corrected chi connectivity index (χ2v) is 7.98. The van der Waals surface area contributed by atoms with Crippen LogP contribution in [-0.4, -0.2) is 29.7 Å². The normalized spacial score (nSPS) is 11.0. The molecule has 4 rings (SSSR count).